The minimum atomic E-state index is -4.27. The number of hydrogen-bond acceptors (Lipinski definition) is 4. The fraction of sp³-hybridized carbons (Fsp3) is 0.257. The predicted molar refractivity (Wildman–Crippen MR) is 176 cm³/mol. The summed E-state index contributed by atoms with van der Waals surface area (Å²) >= 11 is 6.03. The van der Waals surface area contributed by atoms with E-state index in [1.54, 1.807) is 36.4 Å². The predicted octanol–water partition coefficient (Wildman–Crippen LogP) is 6.54. The van der Waals surface area contributed by atoms with E-state index < -0.39 is 45.8 Å². The van der Waals surface area contributed by atoms with Crippen molar-refractivity contribution in [1.29, 1.82) is 0 Å². The summed E-state index contributed by atoms with van der Waals surface area (Å²) in [6.45, 7) is 6.44. The number of carbonyl (C=O) groups is 2. The number of benzene rings is 4. The maximum atomic E-state index is 15.0. The lowest BCUT2D eigenvalue weighted by molar-refractivity contribution is -0.140. The van der Waals surface area contributed by atoms with Gasteiger partial charge in [0.25, 0.3) is 10.0 Å². The van der Waals surface area contributed by atoms with E-state index in [9.17, 15) is 18.0 Å². The van der Waals surface area contributed by atoms with Crippen LogP contribution in [0.15, 0.2) is 108 Å². The van der Waals surface area contributed by atoms with E-state index in [4.69, 9.17) is 11.6 Å². The molecule has 0 aliphatic heterocycles. The minimum Gasteiger partial charge on any atom is -0.350 e. The summed E-state index contributed by atoms with van der Waals surface area (Å²) in [6.07, 6.45) is 0.122. The van der Waals surface area contributed by atoms with Gasteiger partial charge in [0.05, 0.1) is 10.6 Å². The molecule has 0 saturated carbocycles. The average molecular weight is 650 g/mol. The van der Waals surface area contributed by atoms with Gasteiger partial charge in [0.15, 0.2) is 0 Å². The highest BCUT2D eigenvalue weighted by Gasteiger charge is 2.36. The molecule has 0 aromatic heterocycles. The standard InChI is InChI=1S/C35H37ClFN3O4S/c1-25-14-18-29(19-15-25)40(45(43,44)30-20-16-28(36)17-21-30)24-33(41)39(23-27-12-8-9-13-31(27)37)32(34(42)38-35(2,3)4)22-26-10-6-5-7-11-26/h5-21,32H,22-24H2,1-4H3,(H,38,42)/t32-/m1/s1. The van der Waals surface area contributed by atoms with Crippen molar-refractivity contribution in [2.75, 3.05) is 10.8 Å². The summed E-state index contributed by atoms with van der Waals surface area (Å²) in [7, 11) is -4.27. The van der Waals surface area contributed by atoms with E-state index in [1.165, 1.54) is 41.3 Å². The average Bonchev–Trinajstić information content (AvgIpc) is 2.99. The SMILES string of the molecule is Cc1ccc(N(CC(=O)N(Cc2ccccc2F)[C@H](Cc2ccccc2)C(=O)NC(C)(C)C)S(=O)(=O)c2ccc(Cl)cc2)cc1. The van der Waals surface area contributed by atoms with Crippen molar-refractivity contribution >= 4 is 39.1 Å². The lowest BCUT2D eigenvalue weighted by Gasteiger charge is -2.35. The first kappa shape index (κ1) is 33.7. The van der Waals surface area contributed by atoms with Gasteiger partial charge in [0.1, 0.15) is 18.4 Å². The summed E-state index contributed by atoms with van der Waals surface area (Å²) in [6, 6.07) is 26.5. The molecule has 4 aromatic carbocycles. The molecule has 4 aromatic rings. The zero-order chi connectivity index (χ0) is 32.8. The molecule has 2 amide bonds. The zero-order valence-corrected chi connectivity index (χ0v) is 27.3. The highest BCUT2D eigenvalue weighted by atomic mass is 35.5. The van der Waals surface area contributed by atoms with Crippen LogP contribution in [0.3, 0.4) is 0 Å². The van der Waals surface area contributed by atoms with Gasteiger partial charge in [0, 0.05) is 29.1 Å². The molecule has 0 spiro atoms. The van der Waals surface area contributed by atoms with Crippen molar-refractivity contribution in [3.8, 4) is 0 Å². The Morgan fingerprint density at radius 1 is 0.867 bits per heavy atom. The Morgan fingerprint density at radius 2 is 1.47 bits per heavy atom. The van der Waals surface area contributed by atoms with Crippen molar-refractivity contribution in [3.05, 3.63) is 131 Å². The second-order valence-electron chi connectivity index (χ2n) is 11.9. The van der Waals surface area contributed by atoms with Crippen LogP contribution in [-0.4, -0.2) is 43.3 Å². The van der Waals surface area contributed by atoms with Crippen LogP contribution in [0.4, 0.5) is 10.1 Å². The smallest absolute Gasteiger partial charge is 0.264 e. The topological polar surface area (TPSA) is 86.8 Å². The molecule has 45 heavy (non-hydrogen) atoms. The fourth-order valence-electron chi connectivity index (χ4n) is 4.79. The Kier molecular flexibility index (Phi) is 10.7. The van der Waals surface area contributed by atoms with Crippen LogP contribution in [0.5, 0.6) is 0 Å². The number of nitrogens with zero attached hydrogens (tertiary/aromatic N) is 2. The van der Waals surface area contributed by atoms with Gasteiger partial charge in [-0.15, -0.1) is 0 Å². The second-order valence-corrected chi connectivity index (χ2v) is 14.2. The molecular formula is C35H37ClFN3O4S. The molecule has 1 atom stereocenters. The lowest BCUT2D eigenvalue weighted by atomic mass is 10.0. The molecule has 0 heterocycles. The van der Waals surface area contributed by atoms with Gasteiger partial charge >= 0.3 is 0 Å². The van der Waals surface area contributed by atoms with Crippen molar-refractivity contribution in [3.63, 3.8) is 0 Å². The Labute approximate surface area is 269 Å². The van der Waals surface area contributed by atoms with Gasteiger partial charge in [-0.2, -0.15) is 0 Å². The van der Waals surface area contributed by atoms with Gasteiger partial charge in [-0.25, -0.2) is 12.8 Å². The number of nitrogens with one attached hydrogen (secondary N) is 1. The largest absolute Gasteiger partial charge is 0.350 e. The number of sulfonamides is 1. The number of halogens is 2. The van der Waals surface area contributed by atoms with Crippen LogP contribution in [0.1, 0.15) is 37.5 Å². The summed E-state index contributed by atoms with van der Waals surface area (Å²) in [5, 5.41) is 3.31. The third kappa shape index (κ3) is 8.93. The van der Waals surface area contributed by atoms with Crippen LogP contribution in [0.25, 0.3) is 0 Å². The molecule has 236 valence electrons. The molecule has 7 nitrogen and oxygen atoms in total. The van der Waals surface area contributed by atoms with E-state index in [1.807, 2.05) is 58.0 Å². The number of carbonyl (C=O) groups excluding carboxylic acids is 2. The highest BCUT2D eigenvalue weighted by molar-refractivity contribution is 7.92. The third-order valence-electron chi connectivity index (χ3n) is 7.07. The van der Waals surface area contributed by atoms with E-state index in [0.29, 0.717) is 5.02 Å². The van der Waals surface area contributed by atoms with Crippen LogP contribution in [0.2, 0.25) is 5.02 Å². The first-order chi connectivity index (χ1) is 21.2. The lowest BCUT2D eigenvalue weighted by Crippen LogP contribution is -2.56. The summed E-state index contributed by atoms with van der Waals surface area (Å²) in [5.41, 5.74) is 1.49. The number of anilines is 1. The van der Waals surface area contributed by atoms with Crippen LogP contribution >= 0.6 is 11.6 Å². The van der Waals surface area contributed by atoms with Gasteiger partial charge in [-0.05, 0) is 75.7 Å². The highest BCUT2D eigenvalue weighted by Crippen LogP contribution is 2.26. The molecule has 0 aliphatic carbocycles. The second kappa shape index (κ2) is 14.3. The Balaban J connectivity index is 1.82. The zero-order valence-electron chi connectivity index (χ0n) is 25.7. The molecule has 0 unspecified atom stereocenters. The van der Waals surface area contributed by atoms with Crippen molar-refractivity contribution in [1.82, 2.24) is 10.2 Å². The van der Waals surface area contributed by atoms with Crippen molar-refractivity contribution in [2.45, 2.75) is 57.1 Å². The third-order valence-corrected chi connectivity index (χ3v) is 9.11. The van der Waals surface area contributed by atoms with Crippen molar-refractivity contribution < 1.29 is 22.4 Å². The maximum Gasteiger partial charge on any atom is 0.264 e. The van der Waals surface area contributed by atoms with E-state index >= 15 is 4.39 Å². The summed E-state index contributed by atoms with van der Waals surface area (Å²) in [5.74, 6) is -1.67. The number of rotatable bonds is 11. The monoisotopic (exact) mass is 649 g/mol. The van der Waals surface area contributed by atoms with Crippen LogP contribution < -0.4 is 9.62 Å². The van der Waals surface area contributed by atoms with E-state index in [2.05, 4.69) is 5.32 Å². The molecule has 0 bridgehead atoms. The van der Waals surface area contributed by atoms with Gasteiger partial charge in [-0.3, -0.25) is 13.9 Å². The Bertz CT molecular complexity index is 1730. The van der Waals surface area contributed by atoms with Crippen LogP contribution in [-0.2, 0) is 32.6 Å². The van der Waals surface area contributed by atoms with E-state index in [0.717, 1.165) is 15.4 Å². The number of aryl methyl sites for hydroxylation is 1. The quantitative estimate of drug-likeness (QED) is 0.200. The molecule has 0 saturated heterocycles. The minimum absolute atomic E-state index is 0.0627. The number of amides is 2. The van der Waals surface area contributed by atoms with Gasteiger partial charge in [-0.1, -0.05) is 77.8 Å². The molecule has 1 N–H and O–H groups in total. The van der Waals surface area contributed by atoms with Crippen LogP contribution in [0, 0.1) is 12.7 Å². The first-order valence-corrected chi connectivity index (χ1v) is 16.3. The molecular weight excluding hydrogens is 613 g/mol. The normalized spacial score (nSPS) is 12.3. The molecule has 0 fully saturated rings. The molecule has 0 radical (unpaired) electrons. The molecule has 10 heteroatoms. The summed E-state index contributed by atoms with van der Waals surface area (Å²) in [4.78, 5) is 29.5. The maximum absolute atomic E-state index is 15.0. The number of hydrogen-bond donors (Lipinski definition) is 1. The molecule has 0 aliphatic rings. The summed E-state index contributed by atoms with van der Waals surface area (Å²) < 4.78 is 44.1. The van der Waals surface area contributed by atoms with Gasteiger partial charge < -0.3 is 10.2 Å². The first-order valence-electron chi connectivity index (χ1n) is 14.5. The van der Waals surface area contributed by atoms with E-state index in [-0.39, 0.29) is 29.1 Å². The Hall–Kier alpha value is -4.21. The fourth-order valence-corrected chi connectivity index (χ4v) is 6.33. The van der Waals surface area contributed by atoms with Crippen molar-refractivity contribution in [2.24, 2.45) is 0 Å². The van der Waals surface area contributed by atoms with Gasteiger partial charge in [0.2, 0.25) is 11.8 Å². The molecule has 4 rings (SSSR count). The Morgan fingerprint density at radius 3 is 2.07 bits per heavy atom.